The second-order valence-corrected chi connectivity index (χ2v) is 13.3. The van der Waals surface area contributed by atoms with Crippen LogP contribution in [0.3, 0.4) is 0 Å². The molecule has 2 rings (SSSR count). The maximum Gasteiger partial charge on any atom is 0.124 e. The molecule has 0 fully saturated rings. The van der Waals surface area contributed by atoms with E-state index in [0.29, 0.717) is 6.73 Å². The summed E-state index contributed by atoms with van der Waals surface area (Å²) >= 11 is 8.63. The Kier molecular flexibility index (Phi) is 5.21. The summed E-state index contributed by atoms with van der Waals surface area (Å²) in [6, 6.07) is 3.23. The molecule has 0 saturated carbocycles. The van der Waals surface area contributed by atoms with Gasteiger partial charge >= 0.3 is 0 Å². The van der Waals surface area contributed by atoms with E-state index in [1.807, 2.05) is 12.3 Å². The summed E-state index contributed by atoms with van der Waals surface area (Å²) in [5.41, 5.74) is 1.05. The third-order valence-corrected chi connectivity index (χ3v) is 6.49. The zero-order chi connectivity index (χ0) is 14.0. The highest BCUT2D eigenvalue weighted by atomic mass is 127. The van der Waals surface area contributed by atoms with Gasteiger partial charge in [0.25, 0.3) is 0 Å². The number of aromatic nitrogens is 1. The van der Waals surface area contributed by atoms with Gasteiger partial charge in [-0.3, -0.25) is 0 Å². The van der Waals surface area contributed by atoms with Crippen LogP contribution in [0.2, 0.25) is 25.7 Å². The number of halogens is 2. The number of H-pyrrole nitrogens is 1. The molecule has 0 aliphatic carbocycles. The minimum atomic E-state index is -1.01. The number of hydrogen-bond donors (Lipinski definition) is 1. The van der Waals surface area contributed by atoms with Crippen LogP contribution in [0.25, 0.3) is 0 Å². The average Bonchev–Trinajstić information content (AvgIpc) is 2.78. The molecule has 1 atom stereocenters. The van der Waals surface area contributed by atoms with Crippen LogP contribution in [0.1, 0.15) is 11.1 Å². The lowest BCUT2D eigenvalue weighted by molar-refractivity contribution is 0.139. The molecule has 1 N–H and O–H groups in total. The van der Waals surface area contributed by atoms with Gasteiger partial charge in [-0.15, -0.1) is 0 Å². The first kappa shape index (κ1) is 15.6. The fourth-order valence-electron chi connectivity index (χ4n) is 1.95. The van der Waals surface area contributed by atoms with E-state index in [1.54, 1.807) is 0 Å². The normalized spacial score (nSPS) is 20.7. The number of aromatic amines is 1. The molecule has 1 unspecified atom stereocenters. The summed E-state index contributed by atoms with van der Waals surface area (Å²) in [6.45, 7) is 9.32. The molecule has 0 bridgehead atoms. The van der Waals surface area contributed by atoms with Crippen molar-refractivity contribution in [3.63, 3.8) is 0 Å². The maximum atomic E-state index is 6.36. The molecule has 0 radical (unpaired) electrons. The first-order chi connectivity index (χ1) is 8.88. The molecule has 2 heterocycles. The Labute approximate surface area is 134 Å². The number of rotatable bonds is 5. The van der Waals surface area contributed by atoms with Crippen molar-refractivity contribution in [3.05, 3.63) is 17.8 Å². The average molecular weight is 414 g/mol. The summed E-state index contributed by atoms with van der Waals surface area (Å²) in [6.07, 6.45) is 1.94. The van der Waals surface area contributed by atoms with Gasteiger partial charge in [-0.25, -0.2) is 3.11 Å². The first-order valence-corrected chi connectivity index (χ1v) is 11.6. The molecule has 0 saturated heterocycles. The number of hydrogen-bond acceptors (Lipinski definition) is 3. The Morgan fingerprint density at radius 2 is 2.26 bits per heavy atom. The smallest absolute Gasteiger partial charge is 0.124 e. The lowest BCUT2D eigenvalue weighted by Crippen LogP contribution is -2.40. The van der Waals surface area contributed by atoms with Gasteiger partial charge < -0.3 is 14.6 Å². The minimum Gasteiger partial charge on any atom is -0.361 e. The second-order valence-electron chi connectivity index (χ2n) is 6.05. The standard InChI is InChI=1S/C12H21ClIN3OSi/c1-19(2,3)7-6-18-9-16-8-17(14)11(13)10-4-5-15-12(10)16/h4-5,11,15H,6-9H2,1-3H3. The van der Waals surface area contributed by atoms with Gasteiger partial charge in [0.1, 0.15) is 18.0 Å². The summed E-state index contributed by atoms with van der Waals surface area (Å²) in [4.78, 5) is 5.44. The van der Waals surface area contributed by atoms with Gasteiger partial charge in [0.2, 0.25) is 0 Å². The monoisotopic (exact) mass is 413 g/mol. The summed E-state index contributed by atoms with van der Waals surface area (Å²) in [7, 11) is -1.01. The highest BCUT2D eigenvalue weighted by molar-refractivity contribution is 14.1. The van der Waals surface area contributed by atoms with Crippen LogP contribution < -0.4 is 4.90 Å². The zero-order valence-corrected chi connectivity index (χ0v) is 15.5. The van der Waals surface area contributed by atoms with Gasteiger partial charge in [0.05, 0.1) is 6.67 Å². The number of fused-ring (bicyclic) bond motifs is 1. The Hall–Kier alpha value is 0.237. The third-order valence-electron chi connectivity index (χ3n) is 3.12. The van der Waals surface area contributed by atoms with Crippen molar-refractivity contribution in [1.82, 2.24) is 8.10 Å². The van der Waals surface area contributed by atoms with Crippen LogP contribution >= 0.6 is 34.5 Å². The van der Waals surface area contributed by atoms with Gasteiger partial charge in [0.15, 0.2) is 0 Å². The topological polar surface area (TPSA) is 31.5 Å². The number of nitrogens with zero attached hydrogens (tertiary/aromatic N) is 2. The molecule has 1 aromatic heterocycles. The largest absolute Gasteiger partial charge is 0.361 e. The van der Waals surface area contributed by atoms with Crippen molar-refractivity contribution in [2.45, 2.75) is 31.2 Å². The molecule has 108 valence electrons. The van der Waals surface area contributed by atoms with Crippen molar-refractivity contribution >= 4 is 48.4 Å². The summed E-state index contributed by atoms with van der Waals surface area (Å²) in [5.74, 6) is 1.08. The third kappa shape index (κ3) is 4.10. The minimum absolute atomic E-state index is 0.0694. The SMILES string of the molecule is C[Si](C)(C)CCOCN1CN(I)C(Cl)c2cc[nH]c21. The van der Waals surface area contributed by atoms with E-state index < -0.39 is 8.07 Å². The molecule has 7 heteroatoms. The Morgan fingerprint density at radius 3 is 2.95 bits per heavy atom. The summed E-state index contributed by atoms with van der Waals surface area (Å²) in [5, 5.41) is 0. The van der Waals surface area contributed by atoms with E-state index in [4.69, 9.17) is 16.3 Å². The van der Waals surface area contributed by atoms with Crippen LogP contribution in [0, 0.1) is 0 Å². The van der Waals surface area contributed by atoms with Crippen LogP contribution in [-0.2, 0) is 4.74 Å². The van der Waals surface area contributed by atoms with E-state index in [0.717, 1.165) is 24.7 Å². The molecule has 1 aromatic rings. The van der Waals surface area contributed by atoms with Crippen LogP contribution in [0.4, 0.5) is 5.82 Å². The zero-order valence-electron chi connectivity index (χ0n) is 11.6. The highest BCUT2D eigenvalue weighted by Gasteiger charge is 2.29. The van der Waals surface area contributed by atoms with Crippen molar-refractivity contribution in [2.24, 2.45) is 0 Å². The summed E-state index contributed by atoms with van der Waals surface area (Å²) < 4.78 is 7.91. The molecule has 4 nitrogen and oxygen atoms in total. The molecule has 0 spiro atoms. The predicted molar refractivity (Wildman–Crippen MR) is 91.6 cm³/mol. The highest BCUT2D eigenvalue weighted by Crippen LogP contribution is 2.38. The first-order valence-electron chi connectivity index (χ1n) is 6.45. The van der Waals surface area contributed by atoms with Crippen LogP contribution in [0.15, 0.2) is 12.3 Å². The lowest BCUT2D eigenvalue weighted by Gasteiger charge is -2.36. The molecule has 1 aliphatic rings. The van der Waals surface area contributed by atoms with Crippen molar-refractivity contribution in [1.29, 1.82) is 0 Å². The van der Waals surface area contributed by atoms with Crippen LogP contribution in [-0.4, -0.2) is 36.2 Å². The van der Waals surface area contributed by atoms with E-state index in [-0.39, 0.29) is 5.50 Å². The molecular formula is C12H21ClIN3OSi. The quantitative estimate of drug-likeness (QED) is 0.198. The van der Waals surface area contributed by atoms with Crippen molar-refractivity contribution in [2.75, 3.05) is 24.9 Å². The molecule has 0 aromatic carbocycles. The van der Waals surface area contributed by atoms with Gasteiger partial charge in [0, 0.05) is 49.3 Å². The molecule has 0 amide bonds. The molecule has 1 aliphatic heterocycles. The Balaban J connectivity index is 1.90. The predicted octanol–water partition coefficient (Wildman–Crippen LogP) is 3.99. The number of anilines is 1. The van der Waals surface area contributed by atoms with Crippen LogP contribution in [0.5, 0.6) is 0 Å². The van der Waals surface area contributed by atoms with E-state index in [2.05, 4.69) is 55.5 Å². The lowest BCUT2D eigenvalue weighted by atomic mass is 10.2. The Bertz CT molecular complexity index is 423. The van der Waals surface area contributed by atoms with Gasteiger partial charge in [-0.05, 0) is 12.1 Å². The van der Waals surface area contributed by atoms with E-state index in [9.17, 15) is 0 Å². The number of nitrogens with one attached hydrogen (secondary N) is 1. The fraction of sp³-hybridized carbons (Fsp3) is 0.667. The van der Waals surface area contributed by atoms with Gasteiger partial charge in [-0.1, -0.05) is 31.2 Å². The fourth-order valence-corrected chi connectivity index (χ4v) is 3.62. The van der Waals surface area contributed by atoms with Crippen molar-refractivity contribution < 1.29 is 4.74 Å². The van der Waals surface area contributed by atoms with Gasteiger partial charge in [-0.2, -0.15) is 0 Å². The van der Waals surface area contributed by atoms with Crippen molar-refractivity contribution in [3.8, 4) is 0 Å². The number of ether oxygens (including phenoxy) is 1. The number of alkyl halides is 1. The molecular weight excluding hydrogens is 393 g/mol. The molecule has 19 heavy (non-hydrogen) atoms. The second kappa shape index (κ2) is 6.34. The van der Waals surface area contributed by atoms with E-state index >= 15 is 0 Å². The van der Waals surface area contributed by atoms with E-state index in [1.165, 1.54) is 6.04 Å². The Morgan fingerprint density at radius 1 is 1.53 bits per heavy atom. The maximum absolute atomic E-state index is 6.36.